The molecule has 0 amide bonds. The van der Waals surface area contributed by atoms with Crippen LogP contribution in [-0.2, 0) is 4.79 Å². The summed E-state index contributed by atoms with van der Waals surface area (Å²) in [6.07, 6.45) is 1.47. The predicted molar refractivity (Wildman–Crippen MR) is 83.1 cm³/mol. The number of hydrogen-bond acceptors (Lipinski definition) is 2. The molecule has 0 spiro atoms. The van der Waals surface area contributed by atoms with Crippen LogP contribution in [0.5, 0.6) is 0 Å². The Morgan fingerprint density at radius 3 is 2.15 bits per heavy atom. The molecule has 0 aliphatic carbocycles. The molecule has 0 saturated carbocycles. The zero-order chi connectivity index (χ0) is 15.4. The fourth-order valence-corrected chi connectivity index (χ4v) is 3.30. The van der Waals surface area contributed by atoms with E-state index < -0.39 is 12.0 Å². The average Bonchev–Trinajstić information content (AvgIpc) is 2.33. The Kier molecular flexibility index (Phi) is 5.75. The number of carboxylic acids is 1. The second kappa shape index (κ2) is 6.89. The fourth-order valence-electron chi connectivity index (χ4n) is 3.30. The van der Waals surface area contributed by atoms with Crippen LogP contribution in [0.4, 0.5) is 0 Å². The van der Waals surface area contributed by atoms with Crippen LogP contribution in [0.3, 0.4) is 0 Å². The lowest BCUT2D eigenvalue weighted by atomic mass is 9.78. The molecule has 1 rings (SSSR count). The lowest BCUT2D eigenvalue weighted by Gasteiger charge is -2.27. The summed E-state index contributed by atoms with van der Waals surface area (Å²) >= 11 is 0. The monoisotopic (exact) mass is 277 g/mol. The van der Waals surface area contributed by atoms with E-state index in [1.54, 1.807) is 0 Å². The highest BCUT2D eigenvalue weighted by Crippen LogP contribution is 2.34. The first kappa shape index (κ1) is 16.7. The summed E-state index contributed by atoms with van der Waals surface area (Å²) in [4.78, 5) is 11.0. The van der Waals surface area contributed by atoms with Crippen LogP contribution in [-0.4, -0.2) is 17.1 Å². The number of hydrogen-bond donors (Lipinski definition) is 2. The molecule has 0 radical (unpaired) electrons. The fraction of sp³-hybridized carbons (Fsp3) is 0.588. The van der Waals surface area contributed by atoms with Gasteiger partial charge in [-0.05, 0) is 55.7 Å². The van der Waals surface area contributed by atoms with Crippen molar-refractivity contribution in [2.75, 3.05) is 0 Å². The van der Waals surface area contributed by atoms with Gasteiger partial charge in [-0.3, -0.25) is 4.79 Å². The van der Waals surface area contributed by atoms with E-state index in [0.29, 0.717) is 18.3 Å². The van der Waals surface area contributed by atoms with Gasteiger partial charge in [0.1, 0.15) is 6.04 Å². The molecule has 0 fully saturated rings. The summed E-state index contributed by atoms with van der Waals surface area (Å²) in [5.41, 5.74) is 10.9. The van der Waals surface area contributed by atoms with E-state index in [1.165, 1.54) is 22.3 Å². The van der Waals surface area contributed by atoms with E-state index in [9.17, 15) is 4.79 Å². The molecule has 1 aromatic carbocycles. The van der Waals surface area contributed by atoms with Gasteiger partial charge in [-0.25, -0.2) is 0 Å². The molecule has 0 aliphatic heterocycles. The van der Waals surface area contributed by atoms with E-state index in [2.05, 4.69) is 46.8 Å². The second-order valence-electron chi connectivity index (χ2n) is 5.95. The van der Waals surface area contributed by atoms with E-state index in [4.69, 9.17) is 10.8 Å². The Labute approximate surface area is 122 Å². The SMILES string of the molecule is CCC(CC(N)C(=O)O)C(C)c1c(C)cc(C)cc1C. The first-order valence-corrected chi connectivity index (χ1v) is 7.34. The molecule has 0 aromatic heterocycles. The Morgan fingerprint density at radius 1 is 1.25 bits per heavy atom. The van der Waals surface area contributed by atoms with E-state index in [0.717, 1.165) is 6.42 Å². The van der Waals surface area contributed by atoms with E-state index >= 15 is 0 Å². The highest BCUT2D eigenvalue weighted by molar-refractivity contribution is 5.73. The van der Waals surface area contributed by atoms with Gasteiger partial charge in [-0.15, -0.1) is 0 Å². The Balaban J connectivity index is 3.02. The number of nitrogens with two attached hydrogens (primary N) is 1. The summed E-state index contributed by atoms with van der Waals surface area (Å²) in [5, 5.41) is 9.00. The number of benzene rings is 1. The molecule has 0 saturated heterocycles. The lowest BCUT2D eigenvalue weighted by molar-refractivity contribution is -0.139. The third kappa shape index (κ3) is 3.83. The first-order chi connectivity index (χ1) is 9.27. The topological polar surface area (TPSA) is 63.3 Å². The standard InChI is InChI=1S/C17H27NO2/c1-6-14(9-15(18)17(19)20)13(5)16-11(3)7-10(2)8-12(16)4/h7-8,13-15H,6,9,18H2,1-5H3,(H,19,20). The van der Waals surface area contributed by atoms with Crippen molar-refractivity contribution in [1.29, 1.82) is 0 Å². The van der Waals surface area contributed by atoms with Gasteiger partial charge in [0.2, 0.25) is 0 Å². The highest BCUT2D eigenvalue weighted by atomic mass is 16.4. The van der Waals surface area contributed by atoms with Crippen LogP contribution in [0.2, 0.25) is 0 Å². The van der Waals surface area contributed by atoms with Crippen molar-refractivity contribution in [2.45, 2.75) is 59.4 Å². The van der Waals surface area contributed by atoms with Crippen molar-refractivity contribution in [3.05, 3.63) is 34.4 Å². The molecule has 0 heterocycles. The molecule has 3 atom stereocenters. The van der Waals surface area contributed by atoms with Gasteiger partial charge >= 0.3 is 5.97 Å². The number of aryl methyl sites for hydroxylation is 3. The van der Waals surface area contributed by atoms with Crippen LogP contribution < -0.4 is 5.73 Å². The Morgan fingerprint density at radius 2 is 1.75 bits per heavy atom. The molecule has 3 heteroatoms. The van der Waals surface area contributed by atoms with Gasteiger partial charge < -0.3 is 10.8 Å². The third-order valence-electron chi connectivity index (χ3n) is 4.30. The second-order valence-corrected chi connectivity index (χ2v) is 5.95. The summed E-state index contributed by atoms with van der Waals surface area (Å²) in [6, 6.07) is 3.62. The highest BCUT2D eigenvalue weighted by Gasteiger charge is 2.25. The predicted octanol–water partition coefficient (Wildman–Crippen LogP) is 3.54. The molecular weight excluding hydrogens is 250 g/mol. The Hall–Kier alpha value is -1.35. The smallest absolute Gasteiger partial charge is 0.320 e. The minimum absolute atomic E-state index is 0.293. The average molecular weight is 277 g/mol. The minimum atomic E-state index is -0.909. The van der Waals surface area contributed by atoms with Crippen molar-refractivity contribution in [2.24, 2.45) is 11.7 Å². The molecular formula is C17H27NO2. The third-order valence-corrected chi connectivity index (χ3v) is 4.30. The summed E-state index contributed by atoms with van der Waals surface area (Å²) in [6.45, 7) is 10.7. The summed E-state index contributed by atoms with van der Waals surface area (Å²) < 4.78 is 0. The summed E-state index contributed by atoms with van der Waals surface area (Å²) in [7, 11) is 0. The Bertz CT molecular complexity index is 459. The minimum Gasteiger partial charge on any atom is -0.480 e. The van der Waals surface area contributed by atoms with E-state index in [1.807, 2.05) is 0 Å². The molecule has 112 valence electrons. The zero-order valence-corrected chi connectivity index (χ0v) is 13.2. The van der Waals surface area contributed by atoms with Crippen molar-refractivity contribution in [1.82, 2.24) is 0 Å². The van der Waals surface area contributed by atoms with Crippen LogP contribution in [0.1, 0.15) is 54.9 Å². The van der Waals surface area contributed by atoms with Crippen LogP contribution >= 0.6 is 0 Å². The molecule has 1 aromatic rings. The lowest BCUT2D eigenvalue weighted by Crippen LogP contribution is -2.33. The van der Waals surface area contributed by atoms with Crippen LogP contribution in [0.25, 0.3) is 0 Å². The molecule has 3 unspecified atom stereocenters. The number of carbonyl (C=O) groups is 1. The van der Waals surface area contributed by atoms with Gasteiger partial charge in [0.05, 0.1) is 0 Å². The zero-order valence-electron chi connectivity index (χ0n) is 13.2. The number of aliphatic carboxylic acids is 1. The molecule has 3 nitrogen and oxygen atoms in total. The van der Waals surface area contributed by atoms with Crippen molar-refractivity contribution >= 4 is 5.97 Å². The molecule has 20 heavy (non-hydrogen) atoms. The number of rotatable bonds is 6. The van der Waals surface area contributed by atoms with Crippen LogP contribution in [0.15, 0.2) is 12.1 Å². The maximum Gasteiger partial charge on any atom is 0.320 e. The van der Waals surface area contributed by atoms with Crippen molar-refractivity contribution in [3.63, 3.8) is 0 Å². The van der Waals surface area contributed by atoms with Gasteiger partial charge in [-0.1, -0.05) is 38.0 Å². The van der Waals surface area contributed by atoms with Gasteiger partial charge in [-0.2, -0.15) is 0 Å². The van der Waals surface area contributed by atoms with Crippen molar-refractivity contribution in [3.8, 4) is 0 Å². The van der Waals surface area contributed by atoms with Crippen molar-refractivity contribution < 1.29 is 9.90 Å². The normalized spacial score (nSPS) is 15.7. The van der Waals surface area contributed by atoms with Crippen LogP contribution in [0, 0.1) is 26.7 Å². The first-order valence-electron chi connectivity index (χ1n) is 7.34. The largest absolute Gasteiger partial charge is 0.480 e. The molecule has 3 N–H and O–H groups in total. The quantitative estimate of drug-likeness (QED) is 0.836. The van der Waals surface area contributed by atoms with E-state index in [-0.39, 0.29) is 0 Å². The molecule has 0 bridgehead atoms. The van der Waals surface area contributed by atoms with Gasteiger partial charge in [0, 0.05) is 0 Å². The molecule has 0 aliphatic rings. The summed E-state index contributed by atoms with van der Waals surface area (Å²) in [5.74, 6) is -0.291. The van der Waals surface area contributed by atoms with Gasteiger partial charge in [0.15, 0.2) is 0 Å². The van der Waals surface area contributed by atoms with Gasteiger partial charge in [0.25, 0.3) is 0 Å². The maximum atomic E-state index is 11.0. The maximum absolute atomic E-state index is 11.0. The number of carboxylic acid groups (broad SMARTS) is 1.